The summed E-state index contributed by atoms with van der Waals surface area (Å²) < 4.78 is 0. The maximum Gasteiger partial charge on any atom is 0.255 e. The Bertz CT molecular complexity index is 1190. The Balaban J connectivity index is 1.47. The number of aromatic nitrogens is 2. The Hall–Kier alpha value is -2.38. The fraction of sp³-hybridized carbons (Fsp3) is 0.360. The molecule has 0 saturated carbocycles. The number of benzene rings is 2. The van der Waals surface area contributed by atoms with Gasteiger partial charge < -0.3 is 15.0 Å². The Morgan fingerprint density at radius 3 is 2.85 bits per heavy atom. The number of carbonyl (C=O) groups is 1. The van der Waals surface area contributed by atoms with Crippen molar-refractivity contribution in [3.63, 3.8) is 0 Å². The van der Waals surface area contributed by atoms with Gasteiger partial charge in [0.1, 0.15) is 12.1 Å². The van der Waals surface area contributed by atoms with Crippen molar-refractivity contribution in [1.82, 2.24) is 20.2 Å². The molecule has 0 bridgehead atoms. The second kappa shape index (κ2) is 9.85. The van der Waals surface area contributed by atoms with E-state index >= 15 is 0 Å². The van der Waals surface area contributed by atoms with E-state index in [2.05, 4.69) is 28.8 Å². The summed E-state index contributed by atoms with van der Waals surface area (Å²) in [4.78, 5) is 22.8. The van der Waals surface area contributed by atoms with E-state index in [9.17, 15) is 9.90 Å². The molecule has 0 radical (unpaired) electrons. The number of halogens is 2. The fourth-order valence-electron chi connectivity index (χ4n) is 4.32. The van der Waals surface area contributed by atoms with Crippen molar-refractivity contribution in [2.24, 2.45) is 0 Å². The molecule has 8 heteroatoms. The average Bonchev–Trinajstić information content (AvgIpc) is 3.45. The van der Waals surface area contributed by atoms with Gasteiger partial charge >= 0.3 is 0 Å². The van der Waals surface area contributed by atoms with Gasteiger partial charge in [-0.05, 0) is 62.1 Å². The summed E-state index contributed by atoms with van der Waals surface area (Å²) in [6.45, 7) is 8.78. The summed E-state index contributed by atoms with van der Waals surface area (Å²) >= 11 is 12.5. The largest absolute Gasteiger partial charge is 0.374 e. The third-order valence-corrected chi connectivity index (χ3v) is 6.81. The number of hydrogen-bond acceptors (Lipinski definition) is 4. The normalized spacial score (nSPS) is 18.0. The number of aliphatic hydroxyl groups excluding tert-OH is 1. The van der Waals surface area contributed by atoms with Crippen LogP contribution in [0.4, 0.5) is 0 Å². The number of fused-ring (bicyclic) bond motifs is 1. The molecule has 3 atom stereocenters. The molecule has 6 nitrogen and oxygen atoms in total. The number of hydrogen-bond donors (Lipinski definition) is 3. The smallest absolute Gasteiger partial charge is 0.255 e. The SMILES string of the molecule is C=C(CC)C1CCCN1C(=O)c1ccc(C(O)NC(C)c2nc3ccc(Cl)cc3[nH]2)cc1Cl. The maximum atomic E-state index is 13.2. The number of nitrogens with one attached hydrogen (secondary N) is 2. The van der Waals surface area contributed by atoms with E-state index in [0.29, 0.717) is 33.5 Å². The topological polar surface area (TPSA) is 81.2 Å². The predicted octanol–water partition coefficient (Wildman–Crippen LogP) is 5.78. The average molecular weight is 487 g/mol. The van der Waals surface area contributed by atoms with Crippen LogP contribution in [-0.2, 0) is 0 Å². The highest BCUT2D eigenvalue weighted by molar-refractivity contribution is 6.34. The minimum Gasteiger partial charge on any atom is -0.374 e. The lowest BCUT2D eigenvalue weighted by Gasteiger charge is -2.27. The first-order valence-electron chi connectivity index (χ1n) is 11.2. The van der Waals surface area contributed by atoms with Crippen molar-refractivity contribution < 1.29 is 9.90 Å². The van der Waals surface area contributed by atoms with Gasteiger partial charge in [-0.1, -0.05) is 48.3 Å². The van der Waals surface area contributed by atoms with Crippen LogP contribution in [0.25, 0.3) is 11.0 Å². The zero-order valence-electron chi connectivity index (χ0n) is 18.7. The molecule has 1 aliphatic rings. The number of likely N-dealkylation sites (tertiary alicyclic amines) is 1. The van der Waals surface area contributed by atoms with Crippen LogP contribution in [0.5, 0.6) is 0 Å². The first-order valence-corrected chi connectivity index (χ1v) is 11.9. The number of aromatic amines is 1. The predicted molar refractivity (Wildman–Crippen MR) is 133 cm³/mol. The van der Waals surface area contributed by atoms with Crippen LogP contribution < -0.4 is 5.32 Å². The molecule has 1 amide bonds. The van der Waals surface area contributed by atoms with Gasteiger partial charge in [0.2, 0.25) is 0 Å². The van der Waals surface area contributed by atoms with Crippen molar-refractivity contribution in [3.8, 4) is 0 Å². The zero-order chi connectivity index (χ0) is 23.7. The summed E-state index contributed by atoms with van der Waals surface area (Å²) in [5.74, 6) is 0.584. The fourth-order valence-corrected chi connectivity index (χ4v) is 4.76. The van der Waals surface area contributed by atoms with Gasteiger partial charge in [0, 0.05) is 11.6 Å². The van der Waals surface area contributed by atoms with E-state index < -0.39 is 6.23 Å². The van der Waals surface area contributed by atoms with Crippen LogP contribution in [0, 0.1) is 0 Å². The van der Waals surface area contributed by atoms with Crippen molar-refractivity contribution in [3.05, 3.63) is 75.5 Å². The van der Waals surface area contributed by atoms with Crippen LogP contribution in [0.2, 0.25) is 10.0 Å². The van der Waals surface area contributed by atoms with Crippen LogP contribution in [0.1, 0.15) is 67.1 Å². The summed E-state index contributed by atoms with van der Waals surface area (Å²) in [7, 11) is 0. The Labute approximate surface area is 203 Å². The number of nitrogens with zero attached hydrogens (tertiary/aromatic N) is 2. The van der Waals surface area contributed by atoms with E-state index in [1.54, 1.807) is 24.3 Å². The van der Waals surface area contributed by atoms with Crippen molar-refractivity contribution in [2.75, 3.05) is 6.54 Å². The molecule has 0 spiro atoms. The van der Waals surface area contributed by atoms with E-state index in [1.165, 1.54) is 0 Å². The van der Waals surface area contributed by atoms with Gasteiger partial charge in [-0.3, -0.25) is 10.1 Å². The Morgan fingerprint density at radius 1 is 1.33 bits per heavy atom. The third-order valence-electron chi connectivity index (χ3n) is 6.26. The number of amides is 1. The van der Waals surface area contributed by atoms with Gasteiger partial charge in [0.25, 0.3) is 5.91 Å². The van der Waals surface area contributed by atoms with E-state index in [-0.39, 0.29) is 18.0 Å². The zero-order valence-corrected chi connectivity index (χ0v) is 20.2. The van der Waals surface area contributed by atoms with E-state index in [0.717, 1.165) is 35.9 Å². The minimum atomic E-state index is -0.988. The van der Waals surface area contributed by atoms with Crippen LogP contribution in [0.3, 0.4) is 0 Å². The molecule has 3 unspecified atom stereocenters. The number of aliphatic hydroxyl groups is 1. The molecule has 174 valence electrons. The second-order valence-corrected chi connectivity index (χ2v) is 9.33. The molecular weight excluding hydrogens is 459 g/mol. The lowest BCUT2D eigenvalue weighted by atomic mass is 10.0. The molecule has 2 heterocycles. The van der Waals surface area contributed by atoms with Crippen LogP contribution in [-0.4, -0.2) is 38.5 Å². The molecular formula is C25H28Cl2N4O2. The number of rotatable bonds is 7. The molecule has 1 aromatic heterocycles. The quantitative estimate of drug-likeness (QED) is 0.292. The number of imidazole rings is 1. The van der Waals surface area contributed by atoms with Crippen LogP contribution >= 0.6 is 23.2 Å². The summed E-state index contributed by atoms with van der Waals surface area (Å²) in [6, 6.07) is 10.3. The summed E-state index contributed by atoms with van der Waals surface area (Å²) in [6.07, 6.45) is 1.75. The maximum absolute atomic E-state index is 13.2. The third kappa shape index (κ3) is 4.94. The second-order valence-electron chi connectivity index (χ2n) is 8.48. The van der Waals surface area contributed by atoms with Gasteiger partial charge in [0.05, 0.1) is 33.7 Å². The molecule has 33 heavy (non-hydrogen) atoms. The molecule has 0 aliphatic carbocycles. The Morgan fingerprint density at radius 2 is 2.12 bits per heavy atom. The first kappa shape index (κ1) is 23.8. The van der Waals surface area contributed by atoms with E-state index in [4.69, 9.17) is 23.2 Å². The molecule has 1 fully saturated rings. The van der Waals surface area contributed by atoms with E-state index in [1.807, 2.05) is 24.0 Å². The highest BCUT2D eigenvalue weighted by Gasteiger charge is 2.31. The van der Waals surface area contributed by atoms with Gasteiger partial charge in [-0.15, -0.1) is 0 Å². The van der Waals surface area contributed by atoms with Crippen LogP contribution in [0.15, 0.2) is 48.6 Å². The van der Waals surface area contributed by atoms with Gasteiger partial charge in [-0.25, -0.2) is 4.98 Å². The Kier molecular flexibility index (Phi) is 7.10. The summed E-state index contributed by atoms with van der Waals surface area (Å²) in [5.41, 5.74) is 3.70. The highest BCUT2D eigenvalue weighted by Crippen LogP contribution is 2.30. The lowest BCUT2D eigenvalue weighted by molar-refractivity contribution is 0.0754. The summed E-state index contributed by atoms with van der Waals surface area (Å²) in [5, 5.41) is 14.8. The number of H-pyrrole nitrogens is 1. The molecule has 1 saturated heterocycles. The van der Waals surface area contributed by atoms with Crippen molar-refractivity contribution in [1.29, 1.82) is 0 Å². The standard InChI is InChI=1S/C25H28Cl2N4O2/c1-4-14(2)22-6-5-11-31(22)25(33)18-9-7-16(12-19(18)27)24(32)28-15(3)23-29-20-10-8-17(26)13-21(20)30-23/h7-10,12-13,15,22,24,28,32H,2,4-6,11H2,1,3H3,(H,29,30). The molecule has 3 aromatic rings. The monoisotopic (exact) mass is 486 g/mol. The van der Waals surface area contributed by atoms with Gasteiger partial charge in [-0.2, -0.15) is 0 Å². The number of carbonyl (C=O) groups excluding carboxylic acids is 1. The molecule has 3 N–H and O–H groups in total. The molecule has 1 aliphatic heterocycles. The lowest BCUT2D eigenvalue weighted by Crippen LogP contribution is -2.36. The van der Waals surface area contributed by atoms with Crippen molar-refractivity contribution >= 4 is 40.1 Å². The molecule has 2 aromatic carbocycles. The molecule has 4 rings (SSSR count). The van der Waals surface area contributed by atoms with Gasteiger partial charge in [0.15, 0.2) is 0 Å². The first-order chi connectivity index (χ1) is 15.8. The highest BCUT2D eigenvalue weighted by atomic mass is 35.5. The van der Waals surface area contributed by atoms with Crippen molar-refractivity contribution in [2.45, 2.75) is 51.4 Å². The minimum absolute atomic E-state index is 0.0602.